The van der Waals surface area contributed by atoms with Crippen molar-refractivity contribution in [2.75, 3.05) is 5.32 Å². The number of aromatic nitrogens is 4. The fraction of sp³-hybridized carbons (Fsp3) is 0.467. The number of esters is 1. The number of imide groups is 1. The molecule has 0 radical (unpaired) electrons. The van der Waals surface area contributed by atoms with Gasteiger partial charge in [0.05, 0.1) is 13.1 Å². The maximum Gasteiger partial charge on any atom is 0.420 e. The highest BCUT2D eigenvalue weighted by Gasteiger charge is 2.57. The van der Waals surface area contributed by atoms with E-state index in [0.29, 0.717) is 16.0 Å². The minimum absolute atomic E-state index is 0.0315. The summed E-state index contributed by atoms with van der Waals surface area (Å²) >= 11 is 0.862. The number of hydrogen-bond donors (Lipinski definition) is 4. The SMILES string of the molecule is CC(C)(C)OC(=O)Nc1nc(C(=NOC2(C(=O)OC(c3ccccc3)c3ccccc3)CC2)C(=O)N[C@@H]2C(=O)N(S(=O)(=O)O)[C@@H]2Cn2nc(CN)c(CN(C(=O)OC(C)(C)C)C(=O)OC(C)(C)C)n2)cs1. The highest BCUT2D eigenvalue weighted by atomic mass is 32.2. The highest BCUT2D eigenvalue weighted by molar-refractivity contribution is 7.84. The molecule has 4 aromatic rings. The zero-order chi connectivity index (χ0) is 52.3. The van der Waals surface area contributed by atoms with E-state index in [1.807, 2.05) is 12.1 Å². The molecule has 1 aliphatic heterocycles. The van der Waals surface area contributed by atoms with E-state index in [4.69, 9.17) is 29.5 Å². The maximum atomic E-state index is 14.4. The lowest BCUT2D eigenvalue weighted by atomic mass is 9.98. The molecule has 2 fully saturated rings. The van der Waals surface area contributed by atoms with Crippen LogP contribution in [0.15, 0.2) is 71.2 Å². The van der Waals surface area contributed by atoms with E-state index in [9.17, 15) is 41.7 Å². The predicted molar refractivity (Wildman–Crippen MR) is 252 cm³/mol. The van der Waals surface area contributed by atoms with Gasteiger partial charge >= 0.3 is 34.6 Å². The van der Waals surface area contributed by atoms with Crippen LogP contribution in [-0.2, 0) is 68.1 Å². The summed E-state index contributed by atoms with van der Waals surface area (Å²) in [7, 11) is -5.27. The molecule has 2 aromatic heterocycles. The molecule has 2 aromatic carbocycles. The number of anilines is 1. The second kappa shape index (κ2) is 20.7. The number of carbonyl (C=O) groups excluding carboxylic acids is 6. The number of oxime groups is 1. The van der Waals surface area contributed by atoms with Crippen LogP contribution in [0.25, 0.3) is 0 Å². The Morgan fingerprint density at radius 2 is 1.41 bits per heavy atom. The summed E-state index contributed by atoms with van der Waals surface area (Å²) in [5, 5.41) is 18.8. The number of amides is 5. The van der Waals surface area contributed by atoms with Crippen LogP contribution in [-0.4, -0.2) is 118 Å². The van der Waals surface area contributed by atoms with Crippen molar-refractivity contribution in [3.8, 4) is 0 Å². The molecule has 26 heteroatoms. The molecule has 1 aliphatic carbocycles. The number of hydrogen-bond acceptors (Lipinski definition) is 19. The van der Waals surface area contributed by atoms with Crippen molar-refractivity contribution in [1.82, 2.24) is 34.5 Å². The third-order valence-electron chi connectivity index (χ3n) is 9.98. The Morgan fingerprint density at radius 1 is 0.873 bits per heavy atom. The summed E-state index contributed by atoms with van der Waals surface area (Å²) < 4.78 is 57.7. The summed E-state index contributed by atoms with van der Waals surface area (Å²) in [6.07, 6.45) is -3.63. The number of β-lactam (4-membered cyclic amide) rings is 1. The molecule has 3 heterocycles. The number of ether oxygens (including phenoxy) is 4. The Morgan fingerprint density at radius 3 is 1.90 bits per heavy atom. The predicted octanol–water partition coefficient (Wildman–Crippen LogP) is 5.00. The fourth-order valence-electron chi connectivity index (χ4n) is 6.70. The molecule has 2 aliphatic rings. The molecule has 382 valence electrons. The van der Waals surface area contributed by atoms with E-state index in [0.717, 1.165) is 16.1 Å². The number of rotatable bonds is 16. The van der Waals surface area contributed by atoms with E-state index in [1.54, 1.807) is 111 Å². The third kappa shape index (κ3) is 13.9. The van der Waals surface area contributed by atoms with E-state index >= 15 is 0 Å². The normalized spacial score (nSPS) is 16.9. The average molecular weight is 1030 g/mol. The van der Waals surface area contributed by atoms with Crippen molar-refractivity contribution in [2.24, 2.45) is 10.9 Å². The van der Waals surface area contributed by atoms with Gasteiger partial charge in [0.2, 0.25) is 5.60 Å². The number of carbonyl (C=O) groups is 6. The third-order valence-corrected chi connectivity index (χ3v) is 11.7. The van der Waals surface area contributed by atoms with Gasteiger partial charge in [0.25, 0.3) is 11.8 Å². The first-order valence-electron chi connectivity index (χ1n) is 22.1. The van der Waals surface area contributed by atoms with Crippen molar-refractivity contribution in [3.63, 3.8) is 0 Å². The Balaban J connectivity index is 1.29. The van der Waals surface area contributed by atoms with E-state index in [2.05, 4.69) is 31.0 Å². The first-order valence-corrected chi connectivity index (χ1v) is 24.3. The first-order chi connectivity index (χ1) is 33.1. The quantitative estimate of drug-likeness (QED) is 0.0287. The molecule has 5 amide bonds. The molecular formula is C45H56N10O14S2. The number of nitrogens with zero attached hydrogens (tertiary/aromatic N) is 7. The van der Waals surface area contributed by atoms with Crippen molar-refractivity contribution < 1.29 is 65.5 Å². The van der Waals surface area contributed by atoms with Gasteiger partial charge in [0, 0.05) is 24.8 Å². The minimum Gasteiger partial charge on any atom is -0.450 e. The molecule has 1 saturated heterocycles. The van der Waals surface area contributed by atoms with Gasteiger partial charge in [0.1, 0.15) is 46.0 Å². The van der Waals surface area contributed by atoms with Crippen molar-refractivity contribution in [3.05, 3.63) is 94.3 Å². The van der Waals surface area contributed by atoms with Crippen LogP contribution < -0.4 is 16.4 Å². The molecule has 6 rings (SSSR count). The summed E-state index contributed by atoms with van der Waals surface area (Å²) in [6.45, 7) is 13.0. The lowest BCUT2D eigenvalue weighted by Gasteiger charge is -2.43. The van der Waals surface area contributed by atoms with Crippen molar-refractivity contribution in [2.45, 2.75) is 135 Å². The van der Waals surface area contributed by atoms with E-state index in [-0.39, 0.29) is 45.9 Å². The van der Waals surface area contributed by atoms with Gasteiger partial charge in [-0.05, 0) is 73.4 Å². The standard InChI is InChI=1S/C45H56N10O14S2/c1-42(2,3)66-39(59)49-38-47-30(25-70-38)32(52-69-45(20-21-45)37(58)65-34(26-16-12-10-13-17-26)27-18-14-11-15-19-27)35(56)48-33-31(55(36(33)57)71(62,63)64)24-54-50-28(22-46)29(51-54)23-53(40(60)67-43(4,5)6)41(61)68-44(7,8)9/h10-19,25,31,33-34H,20-24,46H2,1-9H3,(H,48,56)(H,47,49,59)(H,62,63,64)/t31-,33+/m1/s1. The molecule has 0 unspecified atom stereocenters. The lowest BCUT2D eigenvalue weighted by Crippen LogP contribution is -2.73. The van der Waals surface area contributed by atoms with Gasteiger partial charge in [-0.2, -0.15) is 23.4 Å². The molecule has 0 spiro atoms. The van der Waals surface area contributed by atoms with Crippen LogP contribution in [0, 0.1) is 0 Å². The van der Waals surface area contributed by atoms with Gasteiger partial charge < -0.3 is 34.8 Å². The topological polar surface area (TPSA) is 315 Å². The summed E-state index contributed by atoms with van der Waals surface area (Å²) in [5.41, 5.74) is 1.86. The van der Waals surface area contributed by atoms with Crippen molar-refractivity contribution >= 4 is 68.5 Å². The summed E-state index contributed by atoms with van der Waals surface area (Å²) in [4.78, 5) is 92.7. The molecule has 71 heavy (non-hydrogen) atoms. The fourth-order valence-corrected chi connectivity index (χ4v) is 8.25. The Hall–Kier alpha value is -7.03. The van der Waals surface area contributed by atoms with Gasteiger partial charge in [-0.3, -0.25) is 19.5 Å². The van der Waals surface area contributed by atoms with E-state index < -0.39 is 106 Å². The molecule has 0 bridgehead atoms. The number of thiazole rings is 1. The van der Waals surface area contributed by atoms with E-state index in [1.165, 1.54) is 5.38 Å². The zero-order valence-corrected chi connectivity index (χ0v) is 42.0. The van der Waals surface area contributed by atoms with Gasteiger partial charge in [0.15, 0.2) is 16.9 Å². The van der Waals surface area contributed by atoms with Crippen LogP contribution >= 0.6 is 11.3 Å². The van der Waals surface area contributed by atoms with Crippen LogP contribution in [0.2, 0.25) is 0 Å². The molecule has 1 saturated carbocycles. The molecule has 2 atom stereocenters. The average Bonchev–Trinajstić information content (AvgIpc) is 3.75. The van der Waals surface area contributed by atoms with Crippen LogP contribution in [0.3, 0.4) is 0 Å². The van der Waals surface area contributed by atoms with Crippen LogP contribution in [0.4, 0.5) is 19.5 Å². The van der Waals surface area contributed by atoms with Crippen molar-refractivity contribution in [1.29, 1.82) is 0 Å². The molecule has 5 N–H and O–H groups in total. The second-order valence-electron chi connectivity index (χ2n) is 19.3. The van der Waals surface area contributed by atoms with Gasteiger partial charge in [-0.15, -0.1) is 11.3 Å². The van der Waals surface area contributed by atoms with Crippen LogP contribution in [0.1, 0.15) is 109 Å². The first kappa shape index (κ1) is 53.3. The zero-order valence-electron chi connectivity index (χ0n) is 40.4. The number of nitrogens with one attached hydrogen (secondary N) is 2. The van der Waals surface area contributed by atoms with Crippen LogP contribution in [0.5, 0.6) is 0 Å². The van der Waals surface area contributed by atoms with Gasteiger partial charge in [-0.1, -0.05) is 65.8 Å². The summed E-state index contributed by atoms with van der Waals surface area (Å²) in [6, 6.07) is 14.6. The number of benzene rings is 2. The maximum absolute atomic E-state index is 14.4. The Labute approximate surface area is 413 Å². The Bertz CT molecular complexity index is 2710. The largest absolute Gasteiger partial charge is 0.450 e. The lowest BCUT2D eigenvalue weighted by molar-refractivity contribution is -0.164. The number of nitrogens with two attached hydrogens (primary N) is 1. The van der Waals surface area contributed by atoms with Gasteiger partial charge in [-0.25, -0.2) is 33.4 Å². The minimum atomic E-state index is -5.27. The monoisotopic (exact) mass is 1020 g/mol. The summed E-state index contributed by atoms with van der Waals surface area (Å²) in [5.74, 6) is -3.25. The molecule has 24 nitrogen and oxygen atoms in total. The Kier molecular flexibility index (Phi) is 15.6. The highest BCUT2D eigenvalue weighted by Crippen LogP contribution is 2.43. The second-order valence-corrected chi connectivity index (χ2v) is 21.5. The molecular weight excluding hydrogens is 969 g/mol. The smallest absolute Gasteiger partial charge is 0.420 e.